The van der Waals surface area contributed by atoms with Crippen molar-refractivity contribution in [2.75, 3.05) is 7.11 Å². The first-order valence-electron chi connectivity index (χ1n) is 7.20. The molecule has 3 aromatic rings. The van der Waals surface area contributed by atoms with Gasteiger partial charge in [0.05, 0.1) is 30.3 Å². The Labute approximate surface area is 140 Å². The fraction of sp³-hybridized carbons (Fsp3) is 0.125. The van der Waals surface area contributed by atoms with E-state index >= 15 is 0 Å². The number of aromatic amines is 1. The molecule has 3 rings (SSSR count). The van der Waals surface area contributed by atoms with E-state index < -0.39 is 16.2 Å². The molecule has 0 amide bonds. The number of benzene rings is 1. The molecule has 2 heterocycles. The average molecular weight is 343 g/mol. The lowest BCUT2D eigenvalue weighted by Gasteiger charge is -2.05. The molecule has 0 saturated carbocycles. The minimum atomic E-state index is -0.621. The normalized spacial score (nSPS) is 10.6. The molecule has 0 aliphatic rings. The number of hydrogen-bond donors (Lipinski definition) is 1. The summed E-state index contributed by atoms with van der Waals surface area (Å²) in [5.74, 6) is 0.696. The second kappa shape index (κ2) is 6.48. The highest BCUT2D eigenvalue weighted by atomic mass is 16.6. The zero-order valence-electron chi connectivity index (χ0n) is 13.1. The van der Waals surface area contributed by atoms with Gasteiger partial charge in [0.1, 0.15) is 11.5 Å². The predicted molar refractivity (Wildman–Crippen MR) is 87.8 cm³/mol. The third-order valence-corrected chi connectivity index (χ3v) is 3.55. The summed E-state index contributed by atoms with van der Waals surface area (Å²) < 4.78 is 11.7. The van der Waals surface area contributed by atoms with Crippen molar-refractivity contribution < 1.29 is 14.1 Å². The number of nitro groups is 1. The van der Waals surface area contributed by atoms with Crippen molar-refractivity contribution in [3.8, 4) is 17.1 Å². The van der Waals surface area contributed by atoms with Crippen molar-refractivity contribution in [2.45, 2.75) is 6.54 Å². The van der Waals surface area contributed by atoms with Crippen LogP contribution in [0, 0.1) is 10.1 Å². The van der Waals surface area contributed by atoms with Crippen LogP contribution in [0.25, 0.3) is 11.3 Å². The molecule has 0 radical (unpaired) electrons. The van der Waals surface area contributed by atoms with Crippen LogP contribution in [0.1, 0.15) is 5.76 Å². The lowest BCUT2D eigenvalue weighted by Crippen LogP contribution is -2.30. The largest absolute Gasteiger partial charge is 0.490 e. The van der Waals surface area contributed by atoms with Gasteiger partial charge in [-0.1, -0.05) is 12.1 Å². The second-order valence-corrected chi connectivity index (χ2v) is 5.12. The van der Waals surface area contributed by atoms with Gasteiger partial charge in [0.2, 0.25) is 5.75 Å². The van der Waals surface area contributed by atoms with Crippen molar-refractivity contribution in [3.63, 3.8) is 0 Å². The first kappa shape index (κ1) is 16.2. The molecule has 1 N–H and O–H groups in total. The molecule has 1 aromatic carbocycles. The van der Waals surface area contributed by atoms with Gasteiger partial charge >= 0.3 is 5.69 Å². The Morgan fingerprint density at radius 2 is 2.00 bits per heavy atom. The number of hydrogen-bond acceptors (Lipinski definition) is 6. The van der Waals surface area contributed by atoms with Gasteiger partial charge in [0, 0.05) is 6.07 Å². The highest BCUT2D eigenvalue weighted by Gasteiger charge is 2.17. The van der Waals surface area contributed by atoms with Crippen molar-refractivity contribution in [3.05, 3.63) is 79.3 Å². The third kappa shape index (κ3) is 3.20. The highest BCUT2D eigenvalue weighted by molar-refractivity contribution is 5.69. The number of para-hydroxylation sites is 1. The number of rotatable bonds is 5. The van der Waals surface area contributed by atoms with E-state index in [1.54, 1.807) is 30.3 Å². The van der Waals surface area contributed by atoms with Crippen LogP contribution in [0.3, 0.4) is 0 Å². The molecule has 25 heavy (non-hydrogen) atoms. The lowest BCUT2D eigenvalue weighted by atomic mass is 10.1. The zero-order valence-corrected chi connectivity index (χ0v) is 13.1. The summed E-state index contributed by atoms with van der Waals surface area (Å²) in [6.07, 6.45) is 1.27. The van der Waals surface area contributed by atoms with Crippen LogP contribution in [0.5, 0.6) is 5.75 Å². The predicted octanol–water partition coefficient (Wildman–Crippen LogP) is 1.76. The molecule has 0 bridgehead atoms. The van der Waals surface area contributed by atoms with E-state index in [-0.39, 0.29) is 18.0 Å². The van der Waals surface area contributed by atoms with Crippen LogP contribution in [0.2, 0.25) is 0 Å². The summed E-state index contributed by atoms with van der Waals surface area (Å²) in [6.45, 7) is 0.0343. The molecule has 9 heteroatoms. The van der Waals surface area contributed by atoms with Crippen LogP contribution >= 0.6 is 0 Å². The van der Waals surface area contributed by atoms with Crippen molar-refractivity contribution in [2.24, 2.45) is 0 Å². The first-order chi connectivity index (χ1) is 12.0. The van der Waals surface area contributed by atoms with Crippen LogP contribution in [-0.2, 0) is 6.54 Å². The standard InChI is InChI=1S/C16H13N3O6/c1-24-14-9-18(16(21)17-15(14)20)8-10-6-7-13(25-10)11-4-2-3-5-12(11)19(22)23/h2-7,9H,8H2,1H3,(H,17,20,21). The number of ether oxygens (including phenoxy) is 1. The Morgan fingerprint density at radius 1 is 1.24 bits per heavy atom. The van der Waals surface area contributed by atoms with Crippen molar-refractivity contribution >= 4 is 5.69 Å². The second-order valence-electron chi connectivity index (χ2n) is 5.12. The van der Waals surface area contributed by atoms with Gasteiger partial charge in [0.25, 0.3) is 11.2 Å². The monoisotopic (exact) mass is 343 g/mol. The number of nitrogens with one attached hydrogen (secondary N) is 1. The molecule has 0 fully saturated rings. The molecule has 0 spiro atoms. The molecular weight excluding hydrogens is 330 g/mol. The summed E-state index contributed by atoms with van der Waals surface area (Å²) in [5, 5.41) is 11.1. The third-order valence-electron chi connectivity index (χ3n) is 3.55. The molecule has 0 atom stereocenters. The van der Waals surface area contributed by atoms with E-state index in [2.05, 4.69) is 4.98 Å². The maximum absolute atomic E-state index is 11.9. The van der Waals surface area contributed by atoms with Gasteiger partial charge < -0.3 is 9.15 Å². The van der Waals surface area contributed by atoms with Crippen LogP contribution in [-0.4, -0.2) is 21.6 Å². The molecule has 0 aliphatic heterocycles. The van der Waals surface area contributed by atoms with Crippen LogP contribution in [0.4, 0.5) is 5.69 Å². The summed E-state index contributed by atoms with van der Waals surface area (Å²) >= 11 is 0. The molecule has 0 aliphatic carbocycles. The van der Waals surface area contributed by atoms with E-state index in [1.165, 1.54) is 23.9 Å². The number of aromatic nitrogens is 2. The van der Waals surface area contributed by atoms with E-state index in [0.29, 0.717) is 17.1 Å². The van der Waals surface area contributed by atoms with Crippen molar-refractivity contribution in [1.29, 1.82) is 0 Å². The SMILES string of the molecule is COc1cn(Cc2ccc(-c3ccccc3[N+](=O)[O-])o2)c(=O)[nH]c1=O. The minimum absolute atomic E-state index is 0.00919. The molecule has 0 saturated heterocycles. The first-order valence-corrected chi connectivity index (χ1v) is 7.20. The van der Waals surface area contributed by atoms with E-state index in [0.717, 1.165) is 0 Å². The van der Waals surface area contributed by atoms with Crippen LogP contribution < -0.4 is 16.0 Å². The molecule has 0 unspecified atom stereocenters. The van der Waals surface area contributed by atoms with Crippen LogP contribution in [0.15, 0.2) is 56.6 Å². The summed E-state index contributed by atoms with van der Waals surface area (Å²) in [4.78, 5) is 36.1. The van der Waals surface area contributed by atoms with Gasteiger partial charge in [-0.3, -0.25) is 24.5 Å². The smallest absolute Gasteiger partial charge is 0.328 e. The fourth-order valence-electron chi connectivity index (χ4n) is 2.37. The number of furan rings is 1. The Balaban J connectivity index is 1.95. The Bertz CT molecular complexity index is 1050. The number of nitrogens with zero attached hydrogens (tertiary/aromatic N) is 2. The molecule has 9 nitrogen and oxygen atoms in total. The maximum Gasteiger partial charge on any atom is 0.328 e. The lowest BCUT2D eigenvalue weighted by molar-refractivity contribution is -0.384. The van der Waals surface area contributed by atoms with Gasteiger partial charge in [-0.05, 0) is 18.2 Å². The molecule has 128 valence electrons. The molecule has 2 aromatic heterocycles. The van der Waals surface area contributed by atoms with Gasteiger partial charge in [-0.2, -0.15) is 0 Å². The van der Waals surface area contributed by atoms with Gasteiger partial charge in [-0.15, -0.1) is 0 Å². The fourth-order valence-corrected chi connectivity index (χ4v) is 2.37. The number of methoxy groups -OCH3 is 1. The highest BCUT2D eigenvalue weighted by Crippen LogP contribution is 2.30. The van der Waals surface area contributed by atoms with Gasteiger partial charge in [-0.25, -0.2) is 4.79 Å². The quantitative estimate of drug-likeness (QED) is 0.557. The van der Waals surface area contributed by atoms with E-state index in [1.807, 2.05) is 0 Å². The maximum atomic E-state index is 11.9. The minimum Gasteiger partial charge on any atom is -0.490 e. The average Bonchev–Trinajstić information content (AvgIpc) is 3.05. The number of nitro benzene ring substituents is 1. The number of H-pyrrole nitrogens is 1. The van der Waals surface area contributed by atoms with Gasteiger partial charge in [0.15, 0.2) is 0 Å². The zero-order chi connectivity index (χ0) is 18.0. The summed E-state index contributed by atoms with van der Waals surface area (Å²) in [6, 6.07) is 9.39. The molecular formula is C16H13N3O6. The Kier molecular flexibility index (Phi) is 4.21. The Morgan fingerprint density at radius 3 is 2.72 bits per heavy atom. The topological polar surface area (TPSA) is 120 Å². The Hall–Kier alpha value is -3.62. The van der Waals surface area contributed by atoms with E-state index in [9.17, 15) is 19.7 Å². The van der Waals surface area contributed by atoms with E-state index in [4.69, 9.17) is 9.15 Å². The summed E-state index contributed by atoms with van der Waals surface area (Å²) in [5.41, 5.74) is -0.977. The van der Waals surface area contributed by atoms with Crippen molar-refractivity contribution in [1.82, 2.24) is 9.55 Å². The summed E-state index contributed by atoms with van der Waals surface area (Å²) in [7, 11) is 1.32.